The van der Waals surface area contributed by atoms with Gasteiger partial charge in [0.2, 0.25) is 0 Å². The molecular weight excluding hydrogens is 320 g/mol. The van der Waals surface area contributed by atoms with Crippen molar-refractivity contribution in [2.45, 2.75) is 25.3 Å². The number of aromatic amines is 1. The molecule has 1 atom stereocenters. The lowest BCUT2D eigenvalue weighted by atomic mass is 9.94. The Morgan fingerprint density at radius 2 is 2.29 bits per heavy atom. The van der Waals surface area contributed by atoms with Crippen LogP contribution in [0.25, 0.3) is 10.1 Å². The molecule has 1 unspecified atom stereocenters. The fourth-order valence-electron chi connectivity index (χ4n) is 3.38. The first kappa shape index (κ1) is 15.2. The first-order valence-electron chi connectivity index (χ1n) is 8.16. The van der Waals surface area contributed by atoms with Crippen molar-refractivity contribution in [2.75, 3.05) is 19.0 Å². The maximum Gasteiger partial charge on any atom is 0.261 e. The molecule has 1 aliphatic carbocycles. The van der Waals surface area contributed by atoms with Gasteiger partial charge in [0.05, 0.1) is 22.8 Å². The van der Waals surface area contributed by atoms with Gasteiger partial charge in [-0.25, -0.2) is 0 Å². The molecule has 3 aromatic rings. The van der Waals surface area contributed by atoms with E-state index in [1.807, 2.05) is 32.4 Å². The minimum atomic E-state index is -0.00615. The van der Waals surface area contributed by atoms with E-state index in [9.17, 15) is 4.79 Å². The number of nitrogens with one attached hydrogen (secondary N) is 2. The Labute approximate surface area is 144 Å². The van der Waals surface area contributed by atoms with Crippen molar-refractivity contribution in [1.82, 2.24) is 15.5 Å². The zero-order valence-corrected chi connectivity index (χ0v) is 14.6. The number of hydrogen-bond acceptors (Lipinski definition) is 4. The normalized spacial score (nSPS) is 16.8. The maximum atomic E-state index is 12.7. The molecule has 5 nitrogen and oxygen atoms in total. The van der Waals surface area contributed by atoms with Crippen molar-refractivity contribution in [3.63, 3.8) is 0 Å². The van der Waals surface area contributed by atoms with E-state index in [0.29, 0.717) is 0 Å². The highest BCUT2D eigenvalue weighted by atomic mass is 32.1. The number of amides is 1. The van der Waals surface area contributed by atoms with Crippen molar-refractivity contribution in [3.8, 4) is 0 Å². The van der Waals surface area contributed by atoms with E-state index >= 15 is 0 Å². The summed E-state index contributed by atoms with van der Waals surface area (Å²) in [5, 5.41) is 11.5. The molecule has 4 rings (SSSR count). The predicted molar refractivity (Wildman–Crippen MR) is 97.9 cm³/mol. The van der Waals surface area contributed by atoms with Gasteiger partial charge in [-0.3, -0.25) is 9.89 Å². The number of hydrogen-bond donors (Lipinski definition) is 2. The van der Waals surface area contributed by atoms with Crippen LogP contribution in [0.3, 0.4) is 0 Å². The monoisotopic (exact) mass is 340 g/mol. The highest BCUT2D eigenvalue weighted by Crippen LogP contribution is 2.33. The summed E-state index contributed by atoms with van der Waals surface area (Å²) in [7, 11) is 4.04. The van der Waals surface area contributed by atoms with Crippen LogP contribution in [0, 0.1) is 0 Å². The third-order valence-corrected chi connectivity index (χ3v) is 5.69. The minimum absolute atomic E-state index is 0.00615. The standard InChI is InChI=1S/C18H20N4OS/c1-22(2)14-7-4-8-15-12(14)9-16(24-15)18(23)20-13-6-3-5-11-10-19-21-17(11)13/h4,7-10,13H,3,5-6H2,1-2H3,(H,19,21)(H,20,23). The summed E-state index contributed by atoms with van der Waals surface area (Å²) in [5.74, 6) is -0.00615. The average Bonchev–Trinajstić information content (AvgIpc) is 3.21. The van der Waals surface area contributed by atoms with E-state index in [1.54, 1.807) is 11.3 Å². The molecule has 24 heavy (non-hydrogen) atoms. The third kappa shape index (κ3) is 2.57. The number of fused-ring (bicyclic) bond motifs is 2. The van der Waals surface area contributed by atoms with E-state index in [0.717, 1.165) is 45.6 Å². The molecule has 0 aliphatic heterocycles. The molecule has 1 amide bonds. The van der Waals surface area contributed by atoms with Crippen molar-refractivity contribution >= 4 is 33.0 Å². The van der Waals surface area contributed by atoms with Gasteiger partial charge in [0.15, 0.2) is 0 Å². The van der Waals surface area contributed by atoms with Gasteiger partial charge in [-0.15, -0.1) is 11.3 Å². The van der Waals surface area contributed by atoms with Crippen LogP contribution in [0.15, 0.2) is 30.5 Å². The SMILES string of the molecule is CN(C)c1cccc2sc(C(=O)NC3CCCc4cn[nH]c43)cc12. The Hall–Kier alpha value is -2.34. The quantitative estimate of drug-likeness (QED) is 0.767. The lowest BCUT2D eigenvalue weighted by Crippen LogP contribution is -2.30. The fourth-order valence-corrected chi connectivity index (χ4v) is 4.37. The van der Waals surface area contributed by atoms with Gasteiger partial charge in [0.1, 0.15) is 0 Å². The molecule has 0 radical (unpaired) electrons. The summed E-state index contributed by atoms with van der Waals surface area (Å²) < 4.78 is 1.14. The first-order valence-corrected chi connectivity index (χ1v) is 8.98. The minimum Gasteiger partial charge on any atom is -0.377 e. The number of benzene rings is 1. The van der Waals surface area contributed by atoms with Gasteiger partial charge in [0, 0.05) is 29.9 Å². The molecule has 2 heterocycles. The summed E-state index contributed by atoms with van der Waals surface area (Å²) in [5.41, 5.74) is 3.42. The van der Waals surface area contributed by atoms with Gasteiger partial charge in [-0.1, -0.05) is 6.07 Å². The highest BCUT2D eigenvalue weighted by Gasteiger charge is 2.24. The molecule has 0 saturated carbocycles. The van der Waals surface area contributed by atoms with Crippen molar-refractivity contribution in [2.24, 2.45) is 0 Å². The Kier molecular flexibility index (Phi) is 3.76. The topological polar surface area (TPSA) is 61.0 Å². The van der Waals surface area contributed by atoms with Crippen LogP contribution in [0.5, 0.6) is 0 Å². The Morgan fingerprint density at radius 1 is 1.42 bits per heavy atom. The van der Waals surface area contributed by atoms with Crippen LogP contribution in [-0.4, -0.2) is 30.2 Å². The summed E-state index contributed by atoms with van der Waals surface area (Å²) >= 11 is 1.54. The lowest BCUT2D eigenvalue weighted by Gasteiger charge is -2.22. The molecule has 6 heteroatoms. The van der Waals surface area contributed by atoms with Gasteiger partial charge in [-0.2, -0.15) is 5.10 Å². The molecule has 2 N–H and O–H groups in total. The summed E-state index contributed by atoms with van der Waals surface area (Å²) in [4.78, 5) is 15.6. The molecule has 124 valence electrons. The van der Waals surface area contributed by atoms with Crippen molar-refractivity contribution in [1.29, 1.82) is 0 Å². The molecule has 0 spiro atoms. The Morgan fingerprint density at radius 3 is 3.12 bits per heavy atom. The molecule has 1 aromatic carbocycles. The third-order valence-electron chi connectivity index (χ3n) is 4.59. The van der Waals surface area contributed by atoms with Gasteiger partial charge >= 0.3 is 0 Å². The number of carbonyl (C=O) groups is 1. The Balaban J connectivity index is 1.62. The van der Waals surface area contributed by atoms with Crippen LogP contribution in [0.1, 0.15) is 39.8 Å². The van der Waals surface area contributed by atoms with Gasteiger partial charge < -0.3 is 10.2 Å². The number of aryl methyl sites for hydroxylation is 1. The van der Waals surface area contributed by atoms with Crippen LogP contribution >= 0.6 is 11.3 Å². The number of thiophene rings is 1. The second kappa shape index (κ2) is 5.94. The van der Waals surface area contributed by atoms with E-state index in [1.165, 1.54) is 5.56 Å². The van der Waals surface area contributed by atoms with Crippen LogP contribution < -0.4 is 10.2 Å². The zero-order valence-electron chi connectivity index (χ0n) is 13.8. The van der Waals surface area contributed by atoms with E-state index in [4.69, 9.17) is 0 Å². The average molecular weight is 340 g/mol. The molecule has 0 fully saturated rings. The van der Waals surface area contributed by atoms with Gasteiger partial charge in [-0.05, 0) is 43.0 Å². The van der Waals surface area contributed by atoms with Crippen LogP contribution in [0.4, 0.5) is 5.69 Å². The summed E-state index contributed by atoms with van der Waals surface area (Å²) in [6.07, 6.45) is 4.94. The molecule has 1 aliphatic rings. The molecular formula is C18H20N4OS. The van der Waals surface area contributed by atoms with E-state index in [-0.39, 0.29) is 11.9 Å². The number of carbonyl (C=O) groups excluding carboxylic acids is 1. The molecule has 0 saturated heterocycles. The van der Waals surface area contributed by atoms with Crippen LogP contribution in [-0.2, 0) is 6.42 Å². The predicted octanol–water partition coefficient (Wildman–Crippen LogP) is 3.50. The Bertz CT molecular complexity index is 895. The molecule has 2 aromatic heterocycles. The van der Waals surface area contributed by atoms with E-state index < -0.39 is 0 Å². The number of nitrogens with zero attached hydrogens (tertiary/aromatic N) is 2. The van der Waals surface area contributed by atoms with E-state index in [2.05, 4.69) is 32.5 Å². The smallest absolute Gasteiger partial charge is 0.261 e. The second-order valence-corrected chi connectivity index (χ2v) is 7.50. The summed E-state index contributed by atoms with van der Waals surface area (Å²) in [6, 6.07) is 8.21. The number of rotatable bonds is 3. The zero-order chi connectivity index (χ0) is 16.7. The number of anilines is 1. The van der Waals surface area contributed by atoms with Crippen molar-refractivity contribution < 1.29 is 4.79 Å². The second-order valence-electron chi connectivity index (χ2n) is 6.42. The van der Waals surface area contributed by atoms with Gasteiger partial charge in [0.25, 0.3) is 5.91 Å². The summed E-state index contributed by atoms with van der Waals surface area (Å²) in [6.45, 7) is 0. The maximum absolute atomic E-state index is 12.7. The largest absolute Gasteiger partial charge is 0.377 e. The van der Waals surface area contributed by atoms with Crippen LogP contribution in [0.2, 0.25) is 0 Å². The first-order chi connectivity index (χ1) is 11.6. The molecule has 0 bridgehead atoms. The van der Waals surface area contributed by atoms with Crippen molar-refractivity contribution in [3.05, 3.63) is 46.6 Å². The highest BCUT2D eigenvalue weighted by molar-refractivity contribution is 7.20. The lowest BCUT2D eigenvalue weighted by molar-refractivity contribution is 0.0936. The fraction of sp³-hybridized carbons (Fsp3) is 0.333. The number of aromatic nitrogens is 2. The number of H-pyrrole nitrogens is 1.